The van der Waals surface area contributed by atoms with E-state index in [1.807, 2.05) is 7.11 Å². The van der Waals surface area contributed by atoms with E-state index in [1.165, 1.54) is 38.5 Å². The fourth-order valence-electron chi connectivity index (χ4n) is 3.88. The maximum absolute atomic E-state index is 11.5. The molecule has 0 aliphatic heterocycles. The van der Waals surface area contributed by atoms with E-state index in [4.69, 9.17) is 4.74 Å². The highest BCUT2D eigenvalue weighted by Gasteiger charge is 2.37. The molecule has 2 rings (SSSR count). The van der Waals surface area contributed by atoms with Crippen LogP contribution in [-0.2, 0) is 9.53 Å². The molecule has 0 aromatic carbocycles. The fraction of sp³-hybridized carbons (Fsp3) is 0.933. The molecule has 0 bridgehead atoms. The van der Waals surface area contributed by atoms with Gasteiger partial charge in [-0.3, -0.25) is 4.79 Å². The molecule has 2 heteroatoms. The Balaban J connectivity index is 1.91. The number of ether oxygens (including phenoxy) is 1. The Morgan fingerprint density at radius 1 is 1.12 bits per heavy atom. The van der Waals surface area contributed by atoms with Crippen LogP contribution in [0.4, 0.5) is 0 Å². The Hall–Kier alpha value is -0.370. The van der Waals surface area contributed by atoms with Crippen LogP contribution in [0.5, 0.6) is 0 Å². The number of carbonyl (C=O) groups is 1. The molecule has 0 aromatic rings. The number of Topliss-reactive ketones (excluding diaryl/α,β-unsaturated/α-hetero) is 1. The Kier molecular flexibility index (Phi) is 4.24. The number of hydrogen-bond donors (Lipinski definition) is 0. The molecule has 0 radical (unpaired) electrons. The van der Waals surface area contributed by atoms with Gasteiger partial charge in [0.25, 0.3) is 0 Å². The number of rotatable bonds is 3. The first-order chi connectivity index (χ1) is 8.11. The van der Waals surface area contributed by atoms with Gasteiger partial charge in [0, 0.05) is 13.0 Å². The summed E-state index contributed by atoms with van der Waals surface area (Å²) in [6.07, 6.45) is 8.12. The molecule has 17 heavy (non-hydrogen) atoms. The maximum atomic E-state index is 11.5. The zero-order chi connectivity index (χ0) is 12.4. The molecule has 2 aliphatic carbocycles. The van der Waals surface area contributed by atoms with Gasteiger partial charge in [-0.1, -0.05) is 6.92 Å². The number of ketones is 1. The summed E-state index contributed by atoms with van der Waals surface area (Å²) in [5, 5.41) is 0. The molecule has 0 heterocycles. The second-order valence-corrected chi connectivity index (χ2v) is 6.16. The molecule has 5 unspecified atom stereocenters. The molecule has 98 valence electrons. The third-order valence-corrected chi connectivity index (χ3v) is 5.29. The van der Waals surface area contributed by atoms with Crippen molar-refractivity contribution in [3.8, 4) is 0 Å². The Bertz CT molecular complexity index is 274. The monoisotopic (exact) mass is 238 g/mol. The van der Waals surface area contributed by atoms with Crippen LogP contribution in [0.15, 0.2) is 0 Å². The van der Waals surface area contributed by atoms with Gasteiger partial charge in [0.05, 0.1) is 6.10 Å². The van der Waals surface area contributed by atoms with E-state index in [2.05, 4.69) is 6.92 Å². The topological polar surface area (TPSA) is 26.3 Å². The van der Waals surface area contributed by atoms with Gasteiger partial charge in [-0.15, -0.1) is 0 Å². The van der Waals surface area contributed by atoms with Gasteiger partial charge in [0.1, 0.15) is 5.78 Å². The van der Waals surface area contributed by atoms with E-state index in [9.17, 15) is 4.79 Å². The number of hydrogen-bond acceptors (Lipinski definition) is 2. The third-order valence-electron chi connectivity index (χ3n) is 5.29. The maximum Gasteiger partial charge on any atom is 0.132 e. The van der Waals surface area contributed by atoms with E-state index < -0.39 is 0 Å². The Morgan fingerprint density at radius 2 is 1.76 bits per heavy atom. The molecule has 0 amide bonds. The molecule has 2 nitrogen and oxygen atoms in total. The van der Waals surface area contributed by atoms with Crippen LogP contribution in [0.3, 0.4) is 0 Å². The predicted octanol–water partition coefficient (Wildman–Crippen LogP) is 3.44. The van der Waals surface area contributed by atoms with Gasteiger partial charge in [-0.25, -0.2) is 0 Å². The van der Waals surface area contributed by atoms with Crippen molar-refractivity contribution >= 4 is 5.78 Å². The molecular weight excluding hydrogens is 212 g/mol. The van der Waals surface area contributed by atoms with E-state index in [0.717, 1.165) is 11.8 Å². The molecule has 0 spiro atoms. The smallest absolute Gasteiger partial charge is 0.132 e. The van der Waals surface area contributed by atoms with Crippen LogP contribution in [0.25, 0.3) is 0 Å². The van der Waals surface area contributed by atoms with Gasteiger partial charge >= 0.3 is 0 Å². The molecule has 2 fully saturated rings. The van der Waals surface area contributed by atoms with Crippen molar-refractivity contribution in [2.45, 2.75) is 58.5 Å². The van der Waals surface area contributed by atoms with E-state index >= 15 is 0 Å². The summed E-state index contributed by atoms with van der Waals surface area (Å²) in [6, 6.07) is 0. The first-order valence-corrected chi connectivity index (χ1v) is 7.15. The fourth-order valence-corrected chi connectivity index (χ4v) is 3.88. The van der Waals surface area contributed by atoms with Crippen molar-refractivity contribution in [3.05, 3.63) is 0 Å². The second-order valence-electron chi connectivity index (χ2n) is 6.16. The van der Waals surface area contributed by atoms with Gasteiger partial charge in [0.2, 0.25) is 0 Å². The van der Waals surface area contributed by atoms with Gasteiger partial charge < -0.3 is 4.74 Å². The van der Waals surface area contributed by atoms with Gasteiger partial charge in [0.15, 0.2) is 0 Å². The number of carbonyl (C=O) groups excluding carboxylic acids is 1. The molecule has 5 atom stereocenters. The van der Waals surface area contributed by atoms with Crippen molar-refractivity contribution in [2.75, 3.05) is 7.11 Å². The summed E-state index contributed by atoms with van der Waals surface area (Å²) in [6.45, 7) is 3.87. The summed E-state index contributed by atoms with van der Waals surface area (Å²) in [7, 11) is 1.84. The quantitative estimate of drug-likeness (QED) is 0.753. The zero-order valence-electron chi connectivity index (χ0n) is 11.4. The number of fused-ring (bicyclic) bond motifs is 1. The molecule has 2 saturated carbocycles. The van der Waals surface area contributed by atoms with E-state index in [-0.39, 0.29) is 5.92 Å². The summed E-state index contributed by atoms with van der Waals surface area (Å²) in [5.74, 6) is 3.02. The highest BCUT2D eigenvalue weighted by atomic mass is 16.5. The lowest BCUT2D eigenvalue weighted by Gasteiger charge is -2.43. The first kappa shape index (κ1) is 13.1. The van der Waals surface area contributed by atoms with Crippen molar-refractivity contribution in [3.63, 3.8) is 0 Å². The standard InChI is InChI=1S/C15H26O2/c1-10(11(2)16)12-4-5-14-9-15(17-3)7-6-13(14)8-12/h10,12-15H,4-9H2,1-3H3. The van der Waals surface area contributed by atoms with Crippen LogP contribution >= 0.6 is 0 Å². The number of methoxy groups -OCH3 is 1. The first-order valence-electron chi connectivity index (χ1n) is 7.15. The third kappa shape index (κ3) is 2.90. The summed E-state index contributed by atoms with van der Waals surface area (Å²) >= 11 is 0. The normalized spacial score (nSPS) is 39.5. The molecular formula is C15H26O2. The van der Waals surface area contributed by atoms with E-state index in [0.29, 0.717) is 17.8 Å². The average molecular weight is 238 g/mol. The lowest BCUT2D eigenvalue weighted by Crippen LogP contribution is -2.36. The Labute approximate surface area is 105 Å². The van der Waals surface area contributed by atoms with Gasteiger partial charge in [-0.2, -0.15) is 0 Å². The molecule has 0 aromatic heterocycles. The largest absolute Gasteiger partial charge is 0.381 e. The van der Waals surface area contributed by atoms with Crippen LogP contribution < -0.4 is 0 Å². The van der Waals surface area contributed by atoms with Crippen molar-refractivity contribution in [1.82, 2.24) is 0 Å². The lowest BCUT2D eigenvalue weighted by atomic mass is 9.64. The SMILES string of the molecule is COC1CCC2CC(C(C)C(C)=O)CCC2C1. The summed E-state index contributed by atoms with van der Waals surface area (Å²) in [4.78, 5) is 11.5. The van der Waals surface area contributed by atoms with Crippen molar-refractivity contribution < 1.29 is 9.53 Å². The van der Waals surface area contributed by atoms with Crippen LogP contribution in [-0.4, -0.2) is 19.0 Å². The summed E-state index contributed by atoms with van der Waals surface area (Å²) < 4.78 is 5.50. The second kappa shape index (κ2) is 5.51. The minimum atomic E-state index is 0.274. The predicted molar refractivity (Wildman–Crippen MR) is 68.8 cm³/mol. The molecule has 2 aliphatic rings. The van der Waals surface area contributed by atoms with Crippen molar-refractivity contribution in [1.29, 1.82) is 0 Å². The average Bonchev–Trinajstić information content (AvgIpc) is 2.36. The molecule has 0 saturated heterocycles. The minimum Gasteiger partial charge on any atom is -0.381 e. The van der Waals surface area contributed by atoms with Crippen LogP contribution in [0.2, 0.25) is 0 Å². The highest BCUT2D eigenvalue weighted by Crippen LogP contribution is 2.45. The Morgan fingerprint density at radius 3 is 2.41 bits per heavy atom. The van der Waals surface area contributed by atoms with Crippen LogP contribution in [0, 0.1) is 23.7 Å². The zero-order valence-corrected chi connectivity index (χ0v) is 11.4. The summed E-state index contributed by atoms with van der Waals surface area (Å²) in [5.41, 5.74) is 0. The van der Waals surface area contributed by atoms with Gasteiger partial charge in [-0.05, 0) is 63.2 Å². The van der Waals surface area contributed by atoms with E-state index in [1.54, 1.807) is 6.92 Å². The van der Waals surface area contributed by atoms with Crippen LogP contribution in [0.1, 0.15) is 52.4 Å². The lowest BCUT2D eigenvalue weighted by molar-refractivity contribution is -0.122. The molecule has 0 N–H and O–H groups in total. The van der Waals surface area contributed by atoms with Crippen molar-refractivity contribution in [2.24, 2.45) is 23.7 Å². The highest BCUT2D eigenvalue weighted by molar-refractivity contribution is 5.78. The minimum absolute atomic E-state index is 0.274.